The molecule has 0 radical (unpaired) electrons. The number of piperidine rings is 1. The van der Waals surface area contributed by atoms with Crippen LogP contribution in [0, 0.1) is 5.92 Å². The average Bonchev–Trinajstić information content (AvgIpc) is 2.46. The van der Waals surface area contributed by atoms with Crippen molar-refractivity contribution >= 4 is 0 Å². The normalized spacial score (nSPS) is 29.7. The van der Waals surface area contributed by atoms with Crippen LogP contribution in [0.1, 0.15) is 78.1 Å². The summed E-state index contributed by atoms with van der Waals surface area (Å²) in [5.41, 5.74) is 0. The molecule has 20 heavy (non-hydrogen) atoms. The molecule has 118 valence electrons. The zero-order valence-electron chi connectivity index (χ0n) is 13.9. The standard InChI is InChI=1S/C18H36N2/c1-3-5-9-16-13-18(15-20(14-16)12-4-2)19-17-10-7-6-8-11-17/h16-19H,3-15H2,1-2H3. The Morgan fingerprint density at radius 1 is 0.950 bits per heavy atom. The van der Waals surface area contributed by atoms with Gasteiger partial charge in [-0.25, -0.2) is 0 Å². The Balaban J connectivity index is 1.81. The molecule has 1 heterocycles. The smallest absolute Gasteiger partial charge is 0.0200 e. The van der Waals surface area contributed by atoms with Gasteiger partial charge in [0.2, 0.25) is 0 Å². The highest BCUT2D eigenvalue weighted by molar-refractivity contribution is 4.86. The lowest BCUT2D eigenvalue weighted by Gasteiger charge is -2.40. The predicted octanol–water partition coefficient (Wildman–Crippen LogP) is 4.20. The fraction of sp³-hybridized carbons (Fsp3) is 1.00. The summed E-state index contributed by atoms with van der Waals surface area (Å²) in [4.78, 5) is 2.73. The summed E-state index contributed by atoms with van der Waals surface area (Å²) < 4.78 is 0. The van der Waals surface area contributed by atoms with Crippen LogP contribution in [0.2, 0.25) is 0 Å². The predicted molar refractivity (Wildman–Crippen MR) is 88.2 cm³/mol. The maximum absolute atomic E-state index is 4.01. The molecular weight excluding hydrogens is 244 g/mol. The van der Waals surface area contributed by atoms with E-state index >= 15 is 0 Å². The van der Waals surface area contributed by atoms with E-state index in [1.165, 1.54) is 83.8 Å². The fourth-order valence-electron chi connectivity index (χ4n) is 4.23. The summed E-state index contributed by atoms with van der Waals surface area (Å²) in [7, 11) is 0. The summed E-state index contributed by atoms with van der Waals surface area (Å²) in [6.45, 7) is 8.60. The molecule has 2 nitrogen and oxygen atoms in total. The number of rotatable bonds is 7. The Bertz CT molecular complexity index is 248. The molecule has 1 saturated heterocycles. The Hall–Kier alpha value is -0.0800. The maximum atomic E-state index is 4.01. The molecular formula is C18H36N2. The van der Waals surface area contributed by atoms with Crippen molar-refractivity contribution in [3.05, 3.63) is 0 Å². The number of unbranched alkanes of at least 4 members (excludes halogenated alkanes) is 1. The zero-order valence-corrected chi connectivity index (χ0v) is 13.9. The van der Waals surface area contributed by atoms with E-state index in [1.54, 1.807) is 0 Å². The first kappa shape index (κ1) is 16.3. The molecule has 0 aromatic rings. The van der Waals surface area contributed by atoms with Gasteiger partial charge in [-0.1, -0.05) is 46.0 Å². The second-order valence-electron chi connectivity index (χ2n) is 7.20. The van der Waals surface area contributed by atoms with E-state index < -0.39 is 0 Å². The van der Waals surface area contributed by atoms with Crippen molar-refractivity contribution in [3.8, 4) is 0 Å². The van der Waals surface area contributed by atoms with E-state index in [0.717, 1.165) is 18.0 Å². The van der Waals surface area contributed by atoms with E-state index in [1.807, 2.05) is 0 Å². The molecule has 0 aromatic heterocycles. The number of hydrogen-bond donors (Lipinski definition) is 1. The van der Waals surface area contributed by atoms with Gasteiger partial charge in [0, 0.05) is 25.2 Å². The third-order valence-electron chi connectivity index (χ3n) is 5.20. The molecule has 2 fully saturated rings. The van der Waals surface area contributed by atoms with Gasteiger partial charge in [0.05, 0.1) is 0 Å². The summed E-state index contributed by atoms with van der Waals surface area (Å²) in [5.74, 6) is 0.941. The molecule has 2 rings (SSSR count). The molecule has 0 amide bonds. The molecule has 2 atom stereocenters. The lowest BCUT2D eigenvalue weighted by atomic mass is 9.88. The Morgan fingerprint density at radius 2 is 1.75 bits per heavy atom. The summed E-state index contributed by atoms with van der Waals surface area (Å²) in [6, 6.07) is 1.59. The molecule has 0 aromatic carbocycles. The number of nitrogens with one attached hydrogen (secondary N) is 1. The first-order valence-electron chi connectivity index (χ1n) is 9.30. The third-order valence-corrected chi connectivity index (χ3v) is 5.20. The topological polar surface area (TPSA) is 15.3 Å². The van der Waals surface area contributed by atoms with Crippen molar-refractivity contribution in [3.63, 3.8) is 0 Å². The number of nitrogens with zero attached hydrogens (tertiary/aromatic N) is 1. The van der Waals surface area contributed by atoms with Crippen LogP contribution in [0.15, 0.2) is 0 Å². The second-order valence-corrected chi connectivity index (χ2v) is 7.20. The lowest BCUT2D eigenvalue weighted by Crippen LogP contribution is -2.52. The molecule has 1 aliphatic carbocycles. The Morgan fingerprint density at radius 3 is 2.45 bits per heavy atom. The lowest BCUT2D eigenvalue weighted by molar-refractivity contribution is 0.124. The molecule has 2 unspecified atom stereocenters. The third kappa shape index (κ3) is 5.37. The minimum atomic E-state index is 0.764. The van der Waals surface area contributed by atoms with Crippen molar-refractivity contribution in [2.75, 3.05) is 19.6 Å². The fourth-order valence-corrected chi connectivity index (χ4v) is 4.23. The highest BCUT2D eigenvalue weighted by Gasteiger charge is 2.28. The first-order valence-corrected chi connectivity index (χ1v) is 9.30. The van der Waals surface area contributed by atoms with Gasteiger partial charge in [0.25, 0.3) is 0 Å². The van der Waals surface area contributed by atoms with E-state index in [9.17, 15) is 0 Å². The maximum Gasteiger partial charge on any atom is 0.0200 e. The van der Waals surface area contributed by atoms with Gasteiger partial charge in [0.1, 0.15) is 0 Å². The SMILES string of the molecule is CCCCC1CC(NC2CCCCC2)CN(CCC)C1. The van der Waals surface area contributed by atoms with Crippen LogP contribution in [0.3, 0.4) is 0 Å². The largest absolute Gasteiger partial charge is 0.310 e. The van der Waals surface area contributed by atoms with Crippen molar-refractivity contribution in [1.29, 1.82) is 0 Å². The summed E-state index contributed by atoms with van der Waals surface area (Å²) in [5, 5.41) is 4.01. The highest BCUT2D eigenvalue weighted by atomic mass is 15.2. The van der Waals surface area contributed by atoms with Gasteiger partial charge in [0.15, 0.2) is 0 Å². The molecule has 2 heteroatoms. The van der Waals surface area contributed by atoms with Crippen molar-refractivity contribution in [2.45, 2.75) is 90.1 Å². The second kappa shape index (κ2) is 9.04. The van der Waals surface area contributed by atoms with Crippen molar-refractivity contribution in [1.82, 2.24) is 10.2 Å². The van der Waals surface area contributed by atoms with Gasteiger partial charge in [-0.3, -0.25) is 0 Å². The molecule has 0 spiro atoms. The molecule has 2 aliphatic rings. The van der Waals surface area contributed by atoms with Gasteiger partial charge >= 0.3 is 0 Å². The summed E-state index contributed by atoms with van der Waals surface area (Å²) >= 11 is 0. The Kier molecular flexibility index (Phi) is 7.37. The van der Waals surface area contributed by atoms with E-state index in [4.69, 9.17) is 0 Å². The first-order chi connectivity index (χ1) is 9.81. The van der Waals surface area contributed by atoms with E-state index in [2.05, 4.69) is 24.1 Å². The minimum absolute atomic E-state index is 0.764. The van der Waals surface area contributed by atoms with E-state index in [-0.39, 0.29) is 0 Å². The summed E-state index contributed by atoms with van der Waals surface area (Å²) in [6.07, 6.45) is 14.1. The van der Waals surface area contributed by atoms with Gasteiger partial charge in [-0.2, -0.15) is 0 Å². The molecule has 1 aliphatic heterocycles. The molecule has 1 saturated carbocycles. The van der Waals surface area contributed by atoms with Crippen LogP contribution in [0.5, 0.6) is 0 Å². The number of hydrogen-bond acceptors (Lipinski definition) is 2. The average molecular weight is 280 g/mol. The minimum Gasteiger partial charge on any atom is -0.310 e. The van der Waals surface area contributed by atoms with Crippen LogP contribution in [-0.4, -0.2) is 36.6 Å². The van der Waals surface area contributed by atoms with E-state index in [0.29, 0.717) is 0 Å². The highest BCUT2D eigenvalue weighted by Crippen LogP contribution is 2.25. The van der Waals surface area contributed by atoms with Crippen LogP contribution < -0.4 is 5.32 Å². The van der Waals surface area contributed by atoms with Crippen LogP contribution in [-0.2, 0) is 0 Å². The molecule has 0 bridgehead atoms. The van der Waals surface area contributed by atoms with Gasteiger partial charge in [-0.15, -0.1) is 0 Å². The van der Waals surface area contributed by atoms with Crippen molar-refractivity contribution in [2.24, 2.45) is 5.92 Å². The van der Waals surface area contributed by atoms with Crippen molar-refractivity contribution < 1.29 is 0 Å². The van der Waals surface area contributed by atoms with Crippen LogP contribution in [0.4, 0.5) is 0 Å². The monoisotopic (exact) mass is 280 g/mol. The van der Waals surface area contributed by atoms with Gasteiger partial charge < -0.3 is 10.2 Å². The molecule has 1 N–H and O–H groups in total. The quantitative estimate of drug-likeness (QED) is 0.752. The zero-order chi connectivity index (χ0) is 14.2. The van der Waals surface area contributed by atoms with Crippen LogP contribution in [0.25, 0.3) is 0 Å². The number of likely N-dealkylation sites (tertiary alicyclic amines) is 1. The van der Waals surface area contributed by atoms with Crippen LogP contribution >= 0.6 is 0 Å². The Labute approximate surface area is 126 Å². The van der Waals surface area contributed by atoms with Gasteiger partial charge in [-0.05, 0) is 44.6 Å².